The molecular weight excluding hydrogens is 402 g/mol. The van der Waals surface area contributed by atoms with Gasteiger partial charge in [-0.3, -0.25) is 4.79 Å². The molecule has 0 aliphatic carbocycles. The van der Waals surface area contributed by atoms with E-state index in [1.165, 1.54) is 18.2 Å². The van der Waals surface area contributed by atoms with Crippen molar-refractivity contribution in [1.29, 1.82) is 0 Å². The second kappa shape index (κ2) is 11.3. The Hall–Kier alpha value is -2.78. The van der Waals surface area contributed by atoms with Crippen LogP contribution in [0.2, 0.25) is 0 Å². The van der Waals surface area contributed by atoms with Crippen LogP contribution in [0, 0.1) is 0 Å². The van der Waals surface area contributed by atoms with Crippen molar-refractivity contribution in [3.63, 3.8) is 0 Å². The van der Waals surface area contributed by atoms with E-state index in [-0.39, 0.29) is 24.6 Å². The number of halogens is 2. The van der Waals surface area contributed by atoms with Crippen LogP contribution in [-0.2, 0) is 21.2 Å². The van der Waals surface area contributed by atoms with Crippen LogP contribution in [0.3, 0.4) is 0 Å². The maximum atomic E-state index is 12.1. The summed E-state index contributed by atoms with van der Waals surface area (Å²) in [6.45, 7) is -2.55. The van der Waals surface area contributed by atoms with E-state index in [0.717, 1.165) is 16.5 Å². The van der Waals surface area contributed by atoms with E-state index in [1.807, 2.05) is 6.07 Å². The lowest BCUT2D eigenvalue weighted by atomic mass is 10.1. The topological polar surface area (TPSA) is 84.5 Å². The Labute approximate surface area is 168 Å². The van der Waals surface area contributed by atoms with Crippen molar-refractivity contribution in [1.82, 2.24) is 10.0 Å². The van der Waals surface area contributed by atoms with Crippen molar-refractivity contribution in [2.45, 2.75) is 19.5 Å². The molecule has 29 heavy (non-hydrogen) atoms. The van der Waals surface area contributed by atoms with Crippen molar-refractivity contribution in [3.8, 4) is 5.75 Å². The molecule has 0 fully saturated rings. The Kier molecular flexibility index (Phi) is 8.75. The first-order chi connectivity index (χ1) is 13.8. The summed E-state index contributed by atoms with van der Waals surface area (Å²) in [6, 6.07) is 15.1. The molecule has 0 bridgehead atoms. The summed E-state index contributed by atoms with van der Waals surface area (Å²) in [6.07, 6.45) is 1.98. The molecule has 9 heteroatoms. The molecule has 0 aliphatic heterocycles. The number of nitrogens with one attached hydrogen (secondary N) is 2. The minimum Gasteiger partial charge on any atom is -0.435 e. The fraction of sp³-hybridized carbons (Fsp3) is 0.250. The first kappa shape index (κ1) is 22.5. The quantitative estimate of drug-likeness (QED) is 0.581. The molecule has 2 rings (SSSR count). The summed E-state index contributed by atoms with van der Waals surface area (Å²) < 4.78 is 54.6. The van der Waals surface area contributed by atoms with Gasteiger partial charge in [-0.05, 0) is 35.8 Å². The van der Waals surface area contributed by atoms with E-state index in [2.05, 4.69) is 14.8 Å². The van der Waals surface area contributed by atoms with Gasteiger partial charge >= 0.3 is 6.61 Å². The third-order valence-corrected chi connectivity index (χ3v) is 4.88. The van der Waals surface area contributed by atoms with E-state index in [1.54, 1.807) is 36.4 Å². The van der Waals surface area contributed by atoms with Gasteiger partial charge in [-0.1, -0.05) is 42.5 Å². The summed E-state index contributed by atoms with van der Waals surface area (Å²) >= 11 is 0. The van der Waals surface area contributed by atoms with Crippen molar-refractivity contribution in [2.24, 2.45) is 0 Å². The minimum atomic E-state index is -3.63. The molecule has 2 N–H and O–H groups in total. The number of rotatable bonds is 11. The molecule has 0 atom stereocenters. The predicted molar refractivity (Wildman–Crippen MR) is 107 cm³/mol. The Balaban J connectivity index is 1.66. The maximum Gasteiger partial charge on any atom is 0.387 e. The third-order valence-electron chi connectivity index (χ3n) is 3.78. The first-order valence-electron chi connectivity index (χ1n) is 8.87. The van der Waals surface area contributed by atoms with E-state index < -0.39 is 16.6 Å². The van der Waals surface area contributed by atoms with Crippen LogP contribution in [0.25, 0.3) is 6.08 Å². The Morgan fingerprint density at radius 1 is 1.03 bits per heavy atom. The van der Waals surface area contributed by atoms with Crippen molar-refractivity contribution >= 4 is 22.0 Å². The van der Waals surface area contributed by atoms with Gasteiger partial charge in [-0.25, -0.2) is 13.1 Å². The molecule has 0 heterocycles. The van der Waals surface area contributed by atoms with Crippen LogP contribution in [0.15, 0.2) is 60.0 Å². The molecule has 2 aromatic carbocycles. The van der Waals surface area contributed by atoms with Gasteiger partial charge in [0.15, 0.2) is 0 Å². The fourth-order valence-corrected chi connectivity index (χ4v) is 3.18. The average Bonchev–Trinajstić information content (AvgIpc) is 2.68. The van der Waals surface area contributed by atoms with Crippen molar-refractivity contribution in [2.75, 3.05) is 13.1 Å². The standard InChI is InChI=1S/C20H22F2N2O4S/c21-20(22)28-18-8-6-17(7-9-18)10-13-23-19(25)11-14-24-29(26,27)15-12-16-4-2-1-3-5-16/h1-9,12,15,20,24H,10-11,13-14H2,(H,23,25)/b15-12+. The molecular formula is C20H22F2N2O4S. The number of amides is 1. The van der Waals surface area contributed by atoms with Gasteiger partial charge in [0.05, 0.1) is 0 Å². The number of ether oxygens (including phenoxy) is 1. The molecule has 0 radical (unpaired) electrons. The van der Waals surface area contributed by atoms with E-state index in [0.29, 0.717) is 13.0 Å². The monoisotopic (exact) mass is 424 g/mol. The number of benzene rings is 2. The third kappa shape index (κ3) is 9.31. The Morgan fingerprint density at radius 2 is 1.72 bits per heavy atom. The second-order valence-corrected chi connectivity index (χ2v) is 7.68. The van der Waals surface area contributed by atoms with Gasteiger partial charge in [0.25, 0.3) is 0 Å². The summed E-state index contributed by atoms with van der Waals surface area (Å²) in [5, 5.41) is 3.74. The van der Waals surface area contributed by atoms with Gasteiger partial charge < -0.3 is 10.1 Å². The lowest BCUT2D eigenvalue weighted by Crippen LogP contribution is -2.30. The van der Waals surface area contributed by atoms with Gasteiger partial charge in [-0.2, -0.15) is 8.78 Å². The lowest BCUT2D eigenvalue weighted by Gasteiger charge is -2.07. The molecule has 0 saturated heterocycles. The molecule has 6 nitrogen and oxygen atoms in total. The summed E-state index contributed by atoms with van der Waals surface area (Å²) in [5.41, 5.74) is 1.60. The van der Waals surface area contributed by atoms with Gasteiger partial charge in [0, 0.05) is 24.9 Å². The fourth-order valence-electron chi connectivity index (χ4n) is 2.36. The van der Waals surface area contributed by atoms with Crippen LogP contribution in [0.5, 0.6) is 5.75 Å². The highest BCUT2D eigenvalue weighted by atomic mass is 32.2. The zero-order valence-electron chi connectivity index (χ0n) is 15.6. The van der Waals surface area contributed by atoms with Crippen LogP contribution >= 0.6 is 0 Å². The average molecular weight is 424 g/mol. The summed E-state index contributed by atoms with van der Waals surface area (Å²) in [4.78, 5) is 11.8. The van der Waals surface area contributed by atoms with E-state index >= 15 is 0 Å². The predicted octanol–water partition coefficient (Wildman–Crippen LogP) is 2.93. The molecule has 0 spiro atoms. The molecule has 0 unspecified atom stereocenters. The maximum absolute atomic E-state index is 12.1. The van der Waals surface area contributed by atoms with Gasteiger partial charge in [0.2, 0.25) is 15.9 Å². The number of carbonyl (C=O) groups excluding carboxylic acids is 1. The molecule has 1 amide bonds. The molecule has 0 aromatic heterocycles. The van der Waals surface area contributed by atoms with Crippen molar-refractivity contribution < 1.29 is 26.7 Å². The molecule has 2 aromatic rings. The minimum absolute atomic E-state index is 0.000423. The first-order valence-corrected chi connectivity index (χ1v) is 10.4. The van der Waals surface area contributed by atoms with Crippen molar-refractivity contribution in [3.05, 3.63) is 71.1 Å². The van der Waals surface area contributed by atoms with Gasteiger partial charge in [-0.15, -0.1) is 0 Å². The molecule has 156 valence electrons. The summed E-state index contributed by atoms with van der Waals surface area (Å²) in [7, 11) is -3.63. The summed E-state index contributed by atoms with van der Waals surface area (Å²) in [5.74, 6) is -0.223. The van der Waals surface area contributed by atoms with Crippen LogP contribution in [0.4, 0.5) is 8.78 Å². The Morgan fingerprint density at radius 3 is 2.38 bits per heavy atom. The highest BCUT2D eigenvalue weighted by Gasteiger charge is 2.07. The van der Waals surface area contributed by atoms with Crippen LogP contribution in [0.1, 0.15) is 17.5 Å². The second-order valence-electron chi connectivity index (χ2n) is 6.03. The van der Waals surface area contributed by atoms with Crippen LogP contribution < -0.4 is 14.8 Å². The van der Waals surface area contributed by atoms with E-state index in [9.17, 15) is 22.0 Å². The number of alkyl halides is 2. The smallest absolute Gasteiger partial charge is 0.387 e. The molecule has 0 saturated carbocycles. The largest absolute Gasteiger partial charge is 0.435 e. The number of carbonyl (C=O) groups is 1. The highest BCUT2D eigenvalue weighted by Crippen LogP contribution is 2.15. The number of hydrogen-bond donors (Lipinski definition) is 2. The SMILES string of the molecule is O=C(CCNS(=O)(=O)/C=C/c1ccccc1)NCCc1ccc(OC(F)F)cc1. The lowest BCUT2D eigenvalue weighted by molar-refractivity contribution is -0.120. The zero-order valence-corrected chi connectivity index (χ0v) is 16.4. The van der Waals surface area contributed by atoms with E-state index in [4.69, 9.17) is 0 Å². The zero-order chi connectivity index (χ0) is 21.1. The highest BCUT2D eigenvalue weighted by molar-refractivity contribution is 7.92. The number of hydrogen-bond acceptors (Lipinski definition) is 4. The van der Waals surface area contributed by atoms with Gasteiger partial charge in [0.1, 0.15) is 5.75 Å². The Bertz CT molecular complexity index is 902. The normalized spacial score (nSPS) is 11.7. The number of sulfonamides is 1. The molecule has 0 aliphatic rings. The van der Waals surface area contributed by atoms with Crippen LogP contribution in [-0.4, -0.2) is 34.0 Å².